The molecule has 0 aliphatic carbocycles. The first-order chi connectivity index (χ1) is 4.63. The highest BCUT2D eigenvalue weighted by Gasteiger charge is 2.30. The van der Waals surface area contributed by atoms with Gasteiger partial charge in [-0.05, 0) is 6.42 Å². The van der Waals surface area contributed by atoms with Crippen LogP contribution in [0.5, 0.6) is 0 Å². The molecule has 1 N–H and O–H groups in total. The number of rotatable bonds is 1. The summed E-state index contributed by atoms with van der Waals surface area (Å²) in [6.45, 7) is 0.774. The van der Waals surface area contributed by atoms with Crippen LogP contribution in [0.25, 0.3) is 0 Å². The maximum Gasteiger partial charge on any atom is 0.313 e. The third-order valence-corrected chi connectivity index (χ3v) is 2.32. The number of aliphatic carboxylic acids is 1. The molecule has 1 atom stereocenters. The zero-order valence-corrected chi connectivity index (χ0v) is 6.52. The Balaban J connectivity index is 2.66. The second-order valence-corrected chi connectivity index (χ2v) is 2.86. The van der Waals surface area contributed by atoms with Crippen molar-refractivity contribution < 1.29 is 9.90 Å². The summed E-state index contributed by atoms with van der Waals surface area (Å²) < 4.78 is 0. The van der Waals surface area contributed by atoms with Crippen LogP contribution in [0.3, 0.4) is 0 Å². The Kier molecular flexibility index (Phi) is 1.89. The average Bonchev–Trinajstić information content (AvgIpc) is 2.14. The number of carboxylic acids is 1. The molecule has 1 saturated heterocycles. The minimum absolute atomic E-state index is 0.417. The maximum atomic E-state index is 10.4. The van der Waals surface area contributed by atoms with E-state index in [9.17, 15) is 4.79 Å². The van der Waals surface area contributed by atoms with E-state index < -0.39 is 11.9 Å². The summed E-state index contributed by atoms with van der Waals surface area (Å²) in [7, 11) is 1.82. The van der Waals surface area contributed by atoms with E-state index in [0.29, 0.717) is 11.4 Å². The Morgan fingerprint density at radius 1 is 1.90 bits per heavy atom. The highest BCUT2D eigenvalue weighted by molar-refractivity contribution is 7.80. The molecule has 1 rings (SSSR count). The maximum absolute atomic E-state index is 10.4. The number of carbonyl (C=O) groups is 1. The topological polar surface area (TPSA) is 40.5 Å². The van der Waals surface area contributed by atoms with E-state index in [1.165, 1.54) is 0 Å². The van der Waals surface area contributed by atoms with Crippen molar-refractivity contribution in [3.8, 4) is 0 Å². The summed E-state index contributed by atoms with van der Waals surface area (Å²) in [5.74, 6) is -1.21. The Bertz CT molecular complexity index is 181. The second-order valence-electron chi connectivity index (χ2n) is 2.44. The van der Waals surface area contributed by atoms with E-state index in [-0.39, 0.29) is 0 Å². The van der Waals surface area contributed by atoms with Gasteiger partial charge in [-0.2, -0.15) is 0 Å². The number of thiocarbonyl (C=S) groups is 1. The van der Waals surface area contributed by atoms with Crippen LogP contribution in [0, 0.1) is 5.92 Å². The number of hydrogen-bond donors (Lipinski definition) is 1. The average molecular weight is 159 g/mol. The zero-order chi connectivity index (χ0) is 7.72. The summed E-state index contributed by atoms with van der Waals surface area (Å²) >= 11 is 4.88. The molecule has 10 heavy (non-hydrogen) atoms. The van der Waals surface area contributed by atoms with Crippen LogP contribution in [-0.2, 0) is 4.79 Å². The SMILES string of the molecule is CN1CC[C@@H](C(=O)O)C1=S. The molecule has 0 aromatic carbocycles. The van der Waals surface area contributed by atoms with Crippen molar-refractivity contribution in [2.24, 2.45) is 5.92 Å². The van der Waals surface area contributed by atoms with Crippen LogP contribution in [0.15, 0.2) is 0 Å². The molecule has 0 amide bonds. The summed E-state index contributed by atoms with van der Waals surface area (Å²) in [6, 6.07) is 0. The van der Waals surface area contributed by atoms with Gasteiger partial charge in [-0.25, -0.2) is 0 Å². The van der Waals surface area contributed by atoms with Crippen molar-refractivity contribution in [3.63, 3.8) is 0 Å². The molecule has 1 heterocycles. The minimum Gasteiger partial charge on any atom is -0.481 e. The molecule has 0 radical (unpaired) electrons. The Hall–Kier alpha value is -0.640. The predicted molar refractivity (Wildman–Crippen MR) is 41.0 cm³/mol. The molecule has 0 bridgehead atoms. The van der Waals surface area contributed by atoms with Gasteiger partial charge in [-0.3, -0.25) is 4.79 Å². The lowest BCUT2D eigenvalue weighted by molar-refractivity contribution is -0.139. The van der Waals surface area contributed by atoms with E-state index in [0.717, 1.165) is 6.54 Å². The summed E-state index contributed by atoms with van der Waals surface area (Å²) in [4.78, 5) is 12.8. The van der Waals surface area contributed by atoms with Crippen LogP contribution < -0.4 is 0 Å². The molecular weight excluding hydrogens is 150 g/mol. The normalized spacial score (nSPS) is 25.5. The molecule has 1 aliphatic heterocycles. The highest BCUT2D eigenvalue weighted by Crippen LogP contribution is 2.17. The highest BCUT2D eigenvalue weighted by atomic mass is 32.1. The fourth-order valence-electron chi connectivity index (χ4n) is 1.05. The summed E-state index contributed by atoms with van der Waals surface area (Å²) in [5.41, 5.74) is 0. The molecule has 0 unspecified atom stereocenters. The molecule has 3 nitrogen and oxygen atoms in total. The fraction of sp³-hybridized carbons (Fsp3) is 0.667. The number of likely N-dealkylation sites (tertiary alicyclic amines) is 1. The Morgan fingerprint density at radius 2 is 2.50 bits per heavy atom. The van der Waals surface area contributed by atoms with E-state index in [2.05, 4.69) is 0 Å². The van der Waals surface area contributed by atoms with Gasteiger partial charge in [-0.15, -0.1) is 0 Å². The zero-order valence-electron chi connectivity index (χ0n) is 5.70. The van der Waals surface area contributed by atoms with E-state index in [4.69, 9.17) is 17.3 Å². The number of hydrogen-bond acceptors (Lipinski definition) is 2. The molecule has 4 heteroatoms. The van der Waals surface area contributed by atoms with Crippen molar-refractivity contribution >= 4 is 23.2 Å². The van der Waals surface area contributed by atoms with Gasteiger partial charge in [0.2, 0.25) is 0 Å². The molecule has 1 aliphatic rings. The van der Waals surface area contributed by atoms with Gasteiger partial charge < -0.3 is 10.0 Å². The van der Waals surface area contributed by atoms with Crippen molar-refractivity contribution in [1.82, 2.24) is 4.90 Å². The van der Waals surface area contributed by atoms with Crippen LogP contribution in [0.4, 0.5) is 0 Å². The molecule has 56 valence electrons. The minimum atomic E-state index is -0.797. The standard InChI is InChI=1S/C6H9NO2S/c1-7-3-2-4(5(7)10)6(8)9/h4H,2-3H2,1H3,(H,8,9)/t4-/m1/s1. The van der Waals surface area contributed by atoms with Crippen LogP contribution in [-0.4, -0.2) is 34.6 Å². The lowest BCUT2D eigenvalue weighted by Crippen LogP contribution is -2.24. The quantitative estimate of drug-likeness (QED) is 0.560. The van der Waals surface area contributed by atoms with Crippen molar-refractivity contribution in [3.05, 3.63) is 0 Å². The third-order valence-electron chi connectivity index (χ3n) is 1.73. The van der Waals surface area contributed by atoms with Gasteiger partial charge in [-0.1, -0.05) is 12.2 Å². The van der Waals surface area contributed by atoms with Crippen molar-refractivity contribution in [2.75, 3.05) is 13.6 Å². The molecule has 0 spiro atoms. The fourth-order valence-corrected chi connectivity index (χ4v) is 1.36. The van der Waals surface area contributed by atoms with Crippen molar-refractivity contribution in [1.29, 1.82) is 0 Å². The predicted octanol–water partition coefficient (Wildman–Crippen LogP) is 0.350. The van der Waals surface area contributed by atoms with Gasteiger partial charge in [0.25, 0.3) is 0 Å². The lowest BCUT2D eigenvalue weighted by atomic mass is 10.1. The van der Waals surface area contributed by atoms with Gasteiger partial charge in [0, 0.05) is 13.6 Å². The molecule has 0 saturated carbocycles. The van der Waals surface area contributed by atoms with Gasteiger partial charge in [0.05, 0.1) is 4.99 Å². The smallest absolute Gasteiger partial charge is 0.313 e. The first kappa shape index (κ1) is 7.47. The van der Waals surface area contributed by atoms with Gasteiger partial charge in [0.15, 0.2) is 0 Å². The van der Waals surface area contributed by atoms with E-state index >= 15 is 0 Å². The Morgan fingerprint density at radius 3 is 2.70 bits per heavy atom. The van der Waals surface area contributed by atoms with E-state index in [1.54, 1.807) is 0 Å². The first-order valence-electron chi connectivity index (χ1n) is 3.10. The molecule has 0 aromatic heterocycles. The van der Waals surface area contributed by atoms with E-state index in [1.807, 2.05) is 11.9 Å². The van der Waals surface area contributed by atoms with Crippen molar-refractivity contribution in [2.45, 2.75) is 6.42 Å². The molecule has 1 fully saturated rings. The second kappa shape index (κ2) is 2.54. The van der Waals surface area contributed by atoms with Crippen LogP contribution >= 0.6 is 12.2 Å². The Labute approximate surface area is 64.6 Å². The summed E-state index contributed by atoms with van der Waals surface area (Å²) in [5, 5.41) is 8.59. The number of carboxylic acid groups (broad SMARTS) is 1. The largest absolute Gasteiger partial charge is 0.481 e. The third kappa shape index (κ3) is 1.11. The molecule has 0 aromatic rings. The lowest BCUT2D eigenvalue weighted by Gasteiger charge is -2.09. The van der Waals surface area contributed by atoms with Crippen LogP contribution in [0.1, 0.15) is 6.42 Å². The monoisotopic (exact) mass is 159 g/mol. The van der Waals surface area contributed by atoms with Gasteiger partial charge in [0.1, 0.15) is 5.92 Å². The van der Waals surface area contributed by atoms with Crippen LogP contribution in [0.2, 0.25) is 0 Å². The number of nitrogens with zero attached hydrogens (tertiary/aromatic N) is 1. The summed E-state index contributed by atoms with van der Waals surface area (Å²) in [6.07, 6.45) is 0.657. The van der Waals surface area contributed by atoms with Gasteiger partial charge >= 0.3 is 5.97 Å². The molecular formula is C6H9NO2S. The first-order valence-corrected chi connectivity index (χ1v) is 3.51.